The van der Waals surface area contributed by atoms with Crippen molar-refractivity contribution in [3.05, 3.63) is 24.3 Å². The molecule has 102 valence electrons. The van der Waals surface area contributed by atoms with Gasteiger partial charge in [0.1, 0.15) is 0 Å². The highest BCUT2D eigenvalue weighted by molar-refractivity contribution is 6.19. The van der Waals surface area contributed by atoms with Crippen molar-refractivity contribution in [3.8, 4) is 0 Å². The van der Waals surface area contributed by atoms with Crippen molar-refractivity contribution < 1.29 is 9.59 Å². The third kappa shape index (κ3) is 3.26. The molecule has 1 aliphatic heterocycles. The van der Waals surface area contributed by atoms with Crippen molar-refractivity contribution in [2.75, 3.05) is 22.6 Å². The zero-order valence-corrected chi connectivity index (χ0v) is 11.6. The number of benzene rings is 1. The summed E-state index contributed by atoms with van der Waals surface area (Å²) in [7, 11) is 0. The number of carbonyl (C=O) groups excluding carboxylic acids is 2. The predicted octanol–water partition coefficient (Wildman–Crippen LogP) is 2.63. The van der Waals surface area contributed by atoms with Gasteiger partial charge < -0.3 is 10.2 Å². The lowest BCUT2D eigenvalue weighted by molar-refractivity contribution is -0.119. The summed E-state index contributed by atoms with van der Waals surface area (Å²) in [5, 5.41) is 2.79. The number of hydrogen-bond donors (Lipinski definition) is 1. The summed E-state index contributed by atoms with van der Waals surface area (Å²) in [5.41, 5.74) is 1.60. The molecule has 1 heterocycles. The third-order valence-electron chi connectivity index (χ3n) is 3.20. The van der Waals surface area contributed by atoms with Gasteiger partial charge in [0.25, 0.3) is 0 Å². The first-order valence-corrected chi connectivity index (χ1v) is 6.92. The monoisotopic (exact) mass is 280 g/mol. The van der Waals surface area contributed by atoms with Crippen molar-refractivity contribution >= 4 is 34.8 Å². The molecule has 0 spiro atoms. The van der Waals surface area contributed by atoms with Crippen LogP contribution in [0.25, 0.3) is 0 Å². The van der Waals surface area contributed by atoms with Crippen LogP contribution in [0.1, 0.15) is 19.8 Å². The van der Waals surface area contributed by atoms with Crippen LogP contribution in [0.4, 0.5) is 11.4 Å². The van der Waals surface area contributed by atoms with Gasteiger partial charge in [0, 0.05) is 36.1 Å². The molecule has 0 saturated carbocycles. The maximum atomic E-state index is 11.7. The van der Waals surface area contributed by atoms with Gasteiger partial charge in [-0.05, 0) is 30.7 Å². The van der Waals surface area contributed by atoms with Crippen LogP contribution in [0.15, 0.2) is 24.3 Å². The number of anilines is 2. The molecule has 1 aromatic rings. The molecule has 1 N–H and O–H groups in total. The fraction of sp³-hybridized carbons (Fsp3) is 0.429. The van der Waals surface area contributed by atoms with E-state index in [0.29, 0.717) is 12.3 Å². The lowest BCUT2D eigenvalue weighted by atomic mass is 10.2. The molecular weight excluding hydrogens is 264 g/mol. The summed E-state index contributed by atoms with van der Waals surface area (Å²) < 4.78 is 0. The van der Waals surface area contributed by atoms with E-state index in [2.05, 4.69) is 5.32 Å². The van der Waals surface area contributed by atoms with E-state index in [4.69, 9.17) is 11.6 Å². The van der Waals surface area contributed by atoms with Gasteiger partial charge in [-0.15, -0.1) is 11.6 Å². The average molecular weight is 281 g/mol. The van der Waals surface area contributed by atoms with Crippen LogP contribution >= 0.6 is 11.6 Å². The molecular formula is C14H17ClN2O2. The van der Waals surface area contributed by atoms with E-state index in [1.165, 1.54) is 0 Å². The fourth-order valence-corrected chi connectivity index (χ4v) is 2.12. The first-order valence-electron chi connectivity index (χ1n) is 6.39. The van der Waals surface area contributed by atoms with Gasteiger partial charge in [0.15, 0.2) is 0 Å². The van der Waals surface area contributed by atoms with Gasteiger partial charge in [0.2, 0.25) is 11.8 Å². The largest absolute Gasteiger partial charge is 0.326 e. The van der Waals surface area contributed by atoms with Crippen molar-refractivity contribution in [1.29, 1.82) is 0 Å². The van der Waals surface area contributed by atoms with Gasteiger partial charge >= 0.3 is 0 Å². The molecule has 0 aliphatic carbocycles. The molecule has 0 aromatic heterocycles. The van der Waals surface area contributed by atoms with Gasteiger partial charge in [-0.2, -0.15) is 0 Å². The lowest BCUT2D eigenvalue weighted by Crippen LogP contribution is -2.24. The molecule has 1 unspecified atom stereocenters. The topological polar surface area (TPSA) is 49.4 Å². The van der Waals surface area contributed by atoms with Gasteiger partial charge in [-0.25, -0.2) is 0 Å². The number of alkyl halides is 1. The minimum atomic E-state index is -0.221. The van der Waals surface area contributed by atoms with Crippen LogP contribution in [-0.2, 0) is 9.59 Å². The number of nitrogens with zero attached hydrogens (tertiary/aromatic N) is 1. The second-order valence-corrected chi connectivity index (χ2v) is 5.05. The maximum Gasteiger partial charge on any atom is 0.228 e. The Bertz CT molecular complexity index is 473. The summed E-state index contributed by atoms with van der Waals surface area (Å²) in [6.45, 7) is 2.55. The van der Waals surface area contributed by atoms with E-state index >= 15 is 0 Å². The minimum Gasteiger partial charge on any atom is -0.326 e. The molecule has 1 aromatic carbocycles. The van der Waals surface area contributed by atoms with Crippen molar-refractivity contribution in [2.24, 2.45) is 5.92 Å². The zero-order chi connectivity index (χ0) is 13.8. The molecule has 19 heavy (non-hydrogen) atoms. The number of nitrogens with one attached hydrogen (secondary N) is 1. The highest BCUT2D eigenvalue weighted by Crippen LogP contribution is 2.23. The quantitative estimate of drug-likeness (QED) is 0.862. The van der Waals surface area contributed by atoms with E-state index in [0.717, 1.165) is 24.3 Å². The summed E-state index contributed by atoms with van der Waals surface area (Å²) in [6.07, 6.45) is 1.52. The Labute approximate surface area is 117 Å². The first-order chi connectivity index (χ1) is 9.11. The smallest absolute Gasteiger partial charge is 0.228 e. The zero-order valence-electron chi connectivity index (χ0n) is 10.9. The van der Waals surface area contributed by atoms with E-state index in [-0.39, 0.29) is 17.7 Å². The number of carbonyl (C=O) groups is 2. The summed E-state index contributed by atoms with van der Waals surface area (Å²) in [4.78, 5) is 25.1. The van der Waals surface area contributed by atoms with Gasteiger partial charge in [-0.1, -0.05) is 6.92 Å². The third-order valence-corrected chi connectivity index (χ3v) is 3.66. The van der Waals surface area contributed by atoms with Crippen LogP contribution in [0, 0.1) is 5.92 Å². The molecule has 1 aliphatic rings. The van der Waals surface area contributed by atoms with Crippen LogP contribution in [0.2, 0.25) is 0 Å². The summed E-state index contributed by atoms with van der Waals surface area (Å²) >= 11 is 5.64. The predicted molar refractivity (Wildman–Crippen MR) is 76.5 cm³/mol. The number of halogens is 1. The van der Waals surface area contributed by atoms with Crippen molar-refractivity contribution in [2.45, 2.75) is 19.8 Å². The van der Waals surface area contributed by atoms with Gasteiger partial charge in [-0.3, -0.25) is 9.59 Å². The van der Waals surface area contributed by atoms with Crippen LogP contribution in [0.5, 0.6) is 0 Å². The van der Waals surface area contributed by atoms with E-state index < -0.39 is 0 Å². The second kappa shape index (κ2) is 6.06. The number of amides is 2. The average Bonchev–Trinajstić information content (AvgIpc) is 2.85. The minimum absolute atomic E-state index is 0.0972. The Balaban J connectivity index is 2.02. The molecule has 5 heteroatoms. The van der Waals surface area contributed by atoms with E-state index in [9.17, 15) is 9.59 Å². The SMILES string of the molecule is CC(CCl)C(=O)Nc1ccc(N2CCCC2=O)cc1. The molecule has 0 bridgehead atoms. The highest BCUT2D eigenvalue weighted by Gasteiger charge is 2.21. The second-order valence-electron chi connectivity index (χ2n) is 4.74. The number of rotatable bonds is 4. The Hall–Kier alpha value is -1.55. The van der Waals surface area contributed by atoms with Crippen molar-refractivity contribution in [1.82, 2.24) is 0 Å². The molecule has 1 atom stereocenters. The standard InChI is InChI=1S/C14H17ClN2O2/c1-10(9-15)14(19)16-11-4-6-12(7-5-11)17-8-2-3-13(17)18/h4-7,10H,2-3,8-9H2,1H3,(H,16,19). The maximum absolute atomic E-state index is 11.7. The molecule has 4 nitrogen and oxygen atoms in total. The summed E-state index contributed by atoms with van der Waals surface area (Å²) in [6, 6.07) is 7.31. The number of hydrogen-bond acceptors (Lipinski definition) is 2. The molecule has 0 radical (unpaired) electrons. The molecule has 1 fully saturated rings. The fourth-order valence-electron chi connectivity index (χ4n) is 1.98. The van der Waals surface area contributed by atoms with Crippen LogP contribution in [-0.4, -0.2) is 24.2 Å². The van der Waals surface area contributed by atoms with Gasteiger partial charge in [0.05, 0.1) is 0 Å². The Kier molecular flexibility index (Phi) is 4.43. The highest BCUT2D eigenvalue weighted by atomic mass is 35.5. The van der Waals surface area contributed by atoms with Crippen LogP contribution in [0.3, 0.4) is 0 Å². The Morgan fingerprint density at radius 1 is 1.42 bits per heavy atom. The van der Waals surface area contributed by atoms with Crippen LogP contribution < -0.4 is 10.2 Å². The lowest BCUT2D eigenvalue weighted by Gasteiger charge is -2.16. The summed E-state index contributed by atoms with van der Waals surface area (Å²) in [5.74, 6) is 0.140. The van der Waals surface area contributed by atoms with Crippen molar-refractivity contribution in [3.63, 3.8) is 0 Å². The first kappa shape index (κ1) is 13.9. The molecule has 2 rings (SSSR count). The normalized spacial score (nSPS) is 16.5. The Morgan fingerprint density at radius 3 is 2.63 bits per heavy atom. The van der Waals surface area contributed by atoms with E-state index in [1.54, 1.807) is 24.0 Å². The van der Waals surface area contributed by atoms with E-state index in [1.807, 2.05) is 12.1 Å². The molecule has 1 saturated heterocycles. The molecule has 2 amide bonds. The Morgan fingerprint density at radius 2 is 2.11 bits per heavy atom.